The summed E-state index contributed by atoms with van der Waals surface area (Å²) >= 11 is 0. The number of para-hydroxylation sites is 1. The van der Waals surface area contributed by atoms with Gasteiger partial charge in [-0.15, -0.1) is 0 Å². The molecule has 0 heterocycles. The molecule has 5 rings (SSSR count). The summed E-state index contributed by atoms with van der Waals surface area (Å²) in [5.74, 6) is 0. The summed E-state index contributed by atoms with van der Waals surface area (Å²) in [5.41, 5.74) is 9.69. The molecule has 166 valence electrons. The topological polar surface area (TPSA) is 3.24 Å². The zero-order chi connectivity index (χ0) is 23.5. The lowest BCUT2D eigenvalue weighted by Gasteiger charge is -2.34. The van der Waals surface area contributed by atoms with Crippen LogP contribution in [0, 0.1) is 6.92 Å². The maximum absolute atomic E-state index is 3.83. The Morgan fingerprint density at radius 1 is 0.676 bits per heavy atom. The lowest BCUT2D eigenvalue weighted by Crippen LogP contribution is -2.27. The molecule has 0 aliphatic heterocycles. The molecule has 0 fully saturated rings. The lowest BCUT2D eigenvalue weighted by atomic mass is 9.71. The van der Waals surface area contributed by atoms with Crippen molar-refractivity contribution in [3.63, 3.8) is 0 Å². The molecule has 0 radical (unpaired) electrons. The van der Waals surface area contributed by atoms with E-state index in [0.29, 0.717) is 0 Å². The van der Waals surface area contributed by atoms with E-state index in [1.54, 1.807) is 0 Å². The van der Waals surface area contributed by atoms with Crippen molar-refractivity contribution in [2.24, 2.45) is 0 Å². The third kappa shape index (κ3) is 3.50. The van der Waals surface area contributed by atoms with Crippen LogP contribution >= 0.6 is 0 Å². The molecule has 34 heavy (non-hydrogen) atoms. The summed E-state index contributed by atoms with van der Waals surface area (Å²) in [6, 6.07) is 35.1. The maximum Gasteiger partial charge on any atom is 0.0667 e. The van der Waals surface area contributed by atoms with Gasteiger partial charge >= 0.3 is 0 Å². The Hall–Kier alpha value is -4.10. The van der Waals surface area contributed by atoms with Gasteiger partial charge in [-0.05, 0) is 58.5 Å². The lowest BCUT2D eigenvalue weighted by molar-refractivity contribution is 0.801. The molecule has 0 aromatic heterocycles. The van der Waals surface area contributed by atoms with Crippen molar-refractivity contribution in [1.29, 1.82) is 0 Å². The number of rotatable bonds is 6. The van der Waals surface area contributed by atoms with Gasteiger partial charge in [0.2, 0.25) is 0 Å². The largest absolute Gasteiger partial charge is 0.344 e. The monoisotopic (exact) mass is 439 g/mol. The van der Waals surface area contributed by atoms with Crippen LogP contribution in [0.15, 0.2) is 134 Å². The molecular weight excluding hydrogens is 410 g/mol. The molecule has 0 saturated heterocycles. The second-order valence-corrected chi connectivity index (χ2v) is 8.79. The fourth-order valence-corrected chi connectivity index (χ4v) is 5.25. The van der Waals surface area contributed by atoms with Crippen LogP contribution in [0.2, 0.25) is 0 Å². The minimum absolute atomic E-state index is 0.409. The van der Waals surface area contributed by atoms with Crippen molar-refractivity contribution in [2.75, 3.05) is 11.9 Å². The van der Waals surface area contributed by atoms with Gasteiger partial charge < -0.3 is 4.90 Å². The number of benzene rings is 4. The highest BCUT2D eigenvalue weighted by atomic mass is 15.1. The Morgan fingerprint density at radius 3 is 1.94 bits per heavy atom. The average Bonchev–Trinajstić information content (AvgIpc) is 3.17. The highest BCUT2D eigenvalue weighted by Crippen LogP contribution is 2.55. The Labute approximate surface area is 203 Å². The molecule has 0 unspecified atom stereocenters. The molecular formula is C33H29N. The van der Waals surface area contributed by atoms with Gasteiger partial charge in [-0.25, -0.2) is 0 Å². The molecule has 0 N–H and O–H groups in total. The second kappa shape index (κ2) is 9.03. The van der Waals surface area contributed by atoms with E-state index in [4.69, 9.17) is 0 Å². The highest BCUT2D eigenvalue weighted by Gasteiger charge is 2.44. The fraction of sp³-hybridized carbons (Fsp3) is 0.0909. The number of nitrogens with zero attached hydrogens (tertiary/aromatic N) is 1. The fourth-order valence-electron chi connectivity index (χ4n) is 5.25. The highest BCUT2D eigenvalue weighted by molar-refractivity contribution is 5.87. The minimum atomic E-state index is -0.409. The molecule has 0 bridgehead atoms. The Morgan fingerprint density at radius 2 is 1.29 bits per heavy atom. The first-order valence-electron chi connectivity index (χ1n) is 11.7. The first-order chi connectivity index (χ1) is 16.7. The first-order valence-corrected chi connectivity index (χ1v) is 11.7. The summed E-state index contributed by atoms with van der Waals surface area (Å²) in [6.45, 7) is 5.97. The molecule has 1 aliphatic rings. The van der Waals surface area contributed by atoms with Gasteiger partial charge in [0.15, 0.2) is 0 Å². The summed E-state index contributed by atoms with van der Waals surface area (Å²) in [6.07, 6.45) is 10.4. The van der Waals surface area contributed by atoms with Gasteiger partial charge in [0.25, 0.3) is 0 Å². The smallest absolute Gasteiger partial charge is 0.0667 e. The van der Waals surface area contributed by atoms with Crippen LogP contribution in [0.5, 0.6) is 0 Å². The zero-order valence-electron chi connectivity index (χ0n) is 19.8. The van der Waals surface area contributed by atoms with Gasteiger partial charge in [-0.3, -0.25) is 0 Å². The molecule has 1 aliphatic carbocycles. The molecule has 0 saturated carbocycles. The molecule has 1 nitrogen and oxygen atoms in total. The number of aryl methyl sites for hydroxylation is 1. The van der Waals surface area contributed by atoms with Crippen molar-refractivity contribution in [2.45, 2.75) is 12.3 Å². The van der Waals surface area contributed by atoms with Gasteiger partial charge in [0.1, 0.15) is 0 Å². The number of fused-ring (bicyclic) bond motifs is 3. The molecule has 4 aromatic rings. The van der Waals surface area contributed by atoms with Crippen molar-refractivity contribution >= 4 is 11.4 Å². The average molecular weight is 440 g/mol. The third-order valence-electron chi connectivity index (χ3n) is 6.78. The van der Waals surface area contributed by atoms with Crippen molar-refractivity contribution in [3.8, 4) is 11.1 Å². The summed E-state index contributed by atoms with van der Waals surface area (Å²) in [5, 5.41) is 0. The van der Waals surface area contributed by atoms with Gasteiger partial charge in [-0.1, -0.05) is 116 Å². The van der Waals surface area contributed by atoms with E-state index in [0.717, 1.165) is 0 Å². The van der Waals surface area contributed by atoms with Crippen LogP contribution in [0.1, 0.15) is 22.3 Å². The summed E-state index contributed by atoms with van der Waals surface area (Å²) in [4.78, 5) is 2.31. The van der Waals surface area contributed by atoms with Crippen LogP contribution in [0.25, 0.3) is 11.1 Å². The van der Waals surface area contributed by atoms with Crippen molar-refractivity contribution in [3.05, 3.63) is 156 Å². The molecule has 4 aromatic carbocycles. The third-order valence-corrected chi connectivity index (χ3v) is 6.78. The van der Waals surface area contributed by atoms with Gasteiger partial charge in [-0.2, -0.15) is 0 Å². The Kier molecular flexibility index (Phi) is 5.77. The molecule has 0 atom stereocenters. The van der Waals surface area contributed by atoms with E-state index >= 15 is 0 Å². The molecule has 1 heteroatoms. The SMILES string of the molecule is C=C/C=C\C=C\C1(c2ccccc2N(C)c2cccc(C)c2)c2ccccc2-c2ccccc21. The predicted octanol–water partition coefficient (Wildman–Crippen LogP) is 8.38. The Balaban J connectivity index is 1.81. The van der Waals surface area contributed by atoms with Crippen molar-refractivity contribution in [1.82, 2.24) is 0 Å². The molecule has 0 amide bonds. The quantitative estimate of drug-likeness (QED) is 0.273. The predicted molar refractivity (Wildman–Crippen MR) is 146 cm³/mol. The van der Waals surface area contributed by atoms with Gasteiger partial charge in [0.05, 0.1) is 5.41 Å². The second-order valence-electron chi connectivity index (χ2n) is 8.79. The minimum Gasteiger partial charge on any atom is -0.344 e. The van der Waals surface area contributed by atoms with E-state index in [2.05, 4.69) is 141 Å². The van der Waals surface area contributed by atoms with Crippen LogP contribution in [0.4, 0.5) is 11.4 Å². The van der Waals surface area contributed by atoms with E-state index in [1.807, 2.05) is 12.2 Å². The van der Waals surface area contributed by atoms with E-state index < -0.39 is 5.41 Å². The van der Waals surface area contributed by atoms with E-state index in [-0.39, 0.29) is 0 Å². The first kappa shape index (κ1) is 21.7. The zero-order valence-corrected chi connectivity index (χ0v) is 19.8. The number of anilines is 2. The van der Waals surface area contributed by atoms with Crippen LogP contribution in [-0.4, -0.2) is 7.05 Å². The van der Waals surface area contributed by atoms with Crippen LogP contribution < -0.4 is 4.90 Å². The maximum atomic E-state index is 3.83. The van der Waals surface area contributed by atoms with Crippen LogP contribution in [0.3, 0.4) is 0 Å². The number of allylic oxidation sites excluding steroid dienone is 5. The summed E-state index contributed by atoms with van der Waals surface area (Å²) < 4.78 is 0. The number of hydrogen-bond acceptors (Lipinski definition) is 1. The van der Waals surface area contributed by atoms with E-state index in [1.165, 1.54) is 44.8 Å². The van der Waals surface area contributed by atoms with Crippen LogP contribution in [-0.2, 0) is 5.41 Å². The van der Waals surface area contributed by atoms with E-state index in [9.17, 15) is 0 Å². The summed E-state index contributed by atoms with van der Waals surface area (Å²) in [7, 11) is 2.16. The molecule has 0 spiro atoms. The normalized spacial score (nSPS) is 13.7. The van der Waals surface area contributed by atoms with Crippen molar-refractivity contribution < 1.29 is 0 Å². The van der Waals surface area contributed by atoms with Gasteiger partial charge in [0, 0.05) is 18.4 Å². The Bertz CT molecular complexity index is 1360. The standard InChI is InChI=1S/C33H29N/c1-4-5-6-13-23-33(29-19-9-7-17-27(29)28-18-8-10-20-30(28)33)31-21-11-12-22-32(31)34(3)26-16-14-15-25(2)24-26/h4-24H,1H2,2-3H3/b6-5-,23-13+. The number of hydrogen-bond donors (Lipinski definition) is 0.